The lowest BCUT2D eigenvalue weighted by Crippen LogP contribution is -2.42. The van der Waals surface area contributed by atoms with Crippen molar-refractivity contribution in [3.05, 3.63) is 39.9 Å². The van der Waals surface area contributed by atoms with Crippen molar-refractivity contribution in [2.45, 2.75) is 32.0 Å². The minimum Gasteiger partial charge on any atom is -0.346 e. The smallest absolute Gasteiger partial charge is 0.346 e. The lowest BCUT2D eigenvalue weighted by atomic mass is 10.0. The van der Waals surface area contributed by atoms with Crippen LogP contribution in [0.4, 0.5) is 18.9 Å². The van der Waals surface area contributed by atoms with Gasteiger partial charge < -0.3 is 5.32 Å². The summed E-state index contributed by atoms with van der Waals surface area (Å²) in [6.45, 7) is 1.42. The van der Waals surface area contributed by atoms with Crippen LogP contribution in [0.5, 0.6) is 0 Å². The normalized spacial score (nSPS) is 12.8. The summed E-state index contributed by atoms with van der Waals surface area (Å²) < 4.78 is 36.1. The summed E-state index contributed by atoms with van der Waals surface area (Å²) in [5.74, 6) is -2.01. The molecule has 0 aliphatic rings. The fourth-order valence-electron chi connectivity index (χ4n) is 1.65. The first-order valence-electron chi connectivity index (χ1n) is 5.82. The van der Waals surface area contributed by atoms with E-state index in [1.165, 1.54) is 25.1 Å². The number of benzene rings is 1. The molecule has 0 heterocycles. The number of nitro benzene ring substituents is 1. The average Bonchev–Trinajstić information content (AvgIpc) is 2.35. The predicted molar refractivity (Wildman–Crippen MR) is 65.1 cm³/mol. The van der Waals surface area contributed by atoms with Crippen molar-refractivity contribution in [1.29, 1.82) is 0 Å². The molecule has 1 aromatic carbocycles. The average molecular weight is 290 g/mol. The van der Waals surface area contributed by atoms with Gasteiger partial charge in [-0.05, 0) is 19.8 Å². The molecule has 0 aliphatic heterocycles. The van der Waals surface area contributed by atoms with Crippen LogP contribution in [-0.2, 0) is 11.2 Å². The quantitative estimate of drug-likeness (QED) is 0.669. The summed E-state index contributed by atoms with van der Waals surface area (Å²) in [6.07, 6.45) is -4.55. The molecule has 0 radical (unpaired) electrons. The third-order valence-corrected chi connectivity index (χ3v) is 2.67. The molecule has 1 amide bonds. The first kappa shape index (κ1) is 15.9. The molecular formula is C12H13F3N2O3. The van der Waals surface area contributed by atoms with E-state index in [0.29, 0.717) is 5.56 Å². The summed E-state index contributed by atoms with van der Waals surface area (Å²) in [6, 6.07) is 5.26. The van der Waals surface area contributed by atoms with Gasteiger partial charge in [0.05, 0.1) is 4.92 Å². The van der Waals surface area contributed by atoms with Crippen molar-refractivity contribution in [2.24, 2.45) is 0 Å². The van der Waals surface area contributed by atoms with Crippen molar-refractivity contribution in [1.82, 2.24) is 5.32 Å². The molecule has 0 fully saturated rings. The number of carbonyl (C=O) groups is 1. The Morgan fingerprint density at radius 3 is 2.55 bits per heavy atom. The Kier molecular flexibility index (Phi) is 5.06. The fraction of sp³-hybridized carbons (Fsp3) is 0.417. The number of halogens is 3. The molecule has 0 aliphatic carbocycles. The Hall–Kier alpha value is -2.12. The van der Waals surface area contributed by atoms with E-state index >= 15 is 0 Å². The fourth-order valence-corrected chi connectivity index (χ4v) is 1.65. The van der Waals surface area contributed by atoms with Gasteiger partial charge in [0.1, 0.15) is 0 Å². The van der Waals surface area contributed by atoms with Crippen LogP contribution in [0.2, 0.25) is 0 Å². The van der Waals surface area contributed by atoms with E-state index in [0.717, 1.165) is 0 Å². The van der Waals surface area contributed by atoms with Crippen LogP contribution in [-0.4, -0.2) is 23.0 Å². The summed E-state index contributed by atoms with van der Waals surface area (Å²) in [4.78, 5) is 20.9. The Bertz CT molecular complexity index is 503. The Balaban J connectivity index is 2.60. The second-order valence-corrected chi connectivity index (χ2v) is 4.30. The van der Waals surface area contributed by atoms with E-state index in [1.54, 1.807) is 11.4 Å². The molecule has 0 saturated carbocycles. The van der Waals surface area contributed by atoms with Crippen molar-refractivity contribution in [3.8, 4) is 0 Å². The second kappa shape index (κ2) is 6.36. The number of carbonyl (C=O) groups excluding carboxylic acids is 1. The Labute approximate surface area is 112 Å². The highest BCUT2D eigenvalue weighted by atomic mass is 19.4. The zero-order chi connectivity index (χ0) is 15.3. The van der Waals surface area contributed by atoms with Crippen LogP contribution in [0.25, 0.3) is 0 Å². The zero-order valence-electron chi connectivity index (χ0n) is 10.6. The van der Waals surface area contributed by atoms with Crippen molar-refractivity contribution < 1.29 is 22.9 Å². The molecule has 1 N–H and O–H groups in total. The van der Waals surface area contributed by atoms with Crippen LogP contribution in [0, 0.1) is 10.1 Å². The van der Waals surface area contributed by atoms with E-state index < -0.39 is 23.0 Å². The highest BCUT2D eigenvalue weighted by Crippen LogP contribution is 2.20. The number of nitrogens with one attached hydrogen (secondary N) is 1. The summed E-state index contributed by atoms with van der Waals surface area (Å²) in [5, 5.41) is 12.6. The molecule has 0 saturated heterocycles. The second-order valence-electron chi connectivity index (χ2n) is 4.30. The molecule has 20 heavy (non-hydrogen) atoms. The van der Waals surface area contributed by atoms with E-state index in [1.807, 2.05) is 0 Å². The van der Waals surface area contributed by atoms with Crippen molar-refractivity contribution in [2.75, 3.05) is 0 Å². The van der Waals surface area contributed by atoms with Crippen molar-refractivity contribution in [3.63, 3.8) is 0 Å². The maximum absolute atomic E-state index is 12.0. The zero-order valence-corrected chi connectivity index (χ0v) is 10.6. The SMILES string of the molecule is CC(CCc1ccccc1[N+](=O)[O-])NC(=O)C(F)(F)F. The molecule has 0 aromatic heterocycles. The van der Waals surface area contributed by atoms with E-state index in [9.17, 15) is 28.1 Å². The van der Waals surface area contributed by atoms with Gasteiger partial charge in [-0.3, -0.25) is 14.9 Å². The molecule has 0 spiro atoms. The molecule has 8 heteroatoms. The van der Waals surface area contributed by atoms with Gasteiger partial charge in [0.2, 0.25) is 0 Å². The van der Waals surface area contributed by atoms with Gasteiger partial charge in [0.25, 0.3) is 5.69 Å². The number of nitro groups is 1. The molecule has 1 unspecified atom stereocenters. The van der Waals surface area contributed by atoms with Gasteiger partial charge in [-0.15, -0.1) is 0 Å². The van der Waals surface area contributed by atoms with Gasteiger partial charge in [-0.25, -0.2) is 0 Å². The topological polar surface area (TPSA) is 72.2 Å². The van der Waals surface area contributed by atoms with Crippen LogP contribution >= 0.6 is 0 Å². The number of nitrogens with zero attached hydrogens (tertiary/aromatic N) is 1. The lowest BCUT2D eigenvalue weighted by Gasteiger charge is -2.15. The number of hydrogen-bond donors (Lipinski definition) is 1. The first-order chi connectivity index (χ1) is 9.21. The van der Waals surface area contributed by atoms with E-state index in [2.05, 4.69) is 0 Å². The number of aryl methyl sites for hydroxylation is 1. The van der Waals surface area contributed by atoms with Gasteiger partial charge in [-0.1, -0.05) is 18.2 Å². The third kappa shape index (κ3) is 4.52. The first-order valence-corrected chi connectivity index (χ1v) is 5.82. The highest BCUT2D eigenvalue weighted by molar-refractivity contribution is 5.81. The van der Waals surface area contributed by atoms with Gasteiger partial charge >= 0.3 is 12.1 Å². The van der Waals surface area contributed by atoms with Gasteiger partial charge in [-0.2, -0.15) is 13.2 Å². The molecule has 1 aromatic rings. The standard InChI is InChI=1S/C12H13F3N2O3/c1-8(16-11(18)12(13,14)15)6-7-9-4-2-3-5-10(9)17(19)20/h2-5,8H,6-7H2,1H3,(H,16,18). The predicted octanol–water partition coefficient (Wildman–Crippen LogP) is 2.59. The number of rotatable bonds is 5. The van der Waals surface area contributed by atoms with Crippen molar-refractivity contribution >= 4 is 11.6 Å². The maximum Gasteiger partial charge on any atom is 0.471 e. The molecule has 1 atom stereocenters. The molecule has 5 nitrogen and oxygen atoms in total. The number of amides is 1. The molecular weight excluding hydrogens is 277 g/mol. The number of alkyl halides is 3. The lowest BCUT2D eigenvalue weighted by molar-refractivity contribution is -0.385. The van der Waals surface area contributed by atoms with Crippen LogP contribution in [0.15, 0.2) is 24.3 Å². The highest BCUT2D eigenvalue weighted by Gasteiger charge is 2.39. The minimum absolute atomic E-state index is 0.0816. The monoisotopic (exact) mass is 290 g/mol. The Morgan fingerprint density at radius 1 is 1.40 bits per heavy atom. The summed E-state index contributed by atoms with van der Waals surface area (Å²) >= 11 is 0. The molecule has 1 rings (SSSR count). The third-order valence-electron chi connectivity index (χ3n) is 2.67. The van der Waals surface area contributed by atoms with Crippen LogP contribution in [0.3, 0.4) is 0 Å². The minimum atomic E-state index is -4.92. The van der Waals surface area contributed by atoms with Gasteiger partial charge in [0, 0.05) is 17.7 Å². The van der Waals surface area contributed by atoms with Crippen LogP contribution in [0.1, 0.15) is 18.9 Å². The Morgan fingerprint density at radius 2 is 2.00 bits per heavy atom. The van der Waals surface area contributed by atoms with Crippen LogP contribution < -0.4 is 5.32 Å². The summed E-state index contributed by atoms with van der Waals surface area (Å²) in [5.41, 5.74) is 0.340. The maximum atomic E-state index is 12.0. The van der Waals surface area contributed by atoms with E-state index in [4.69, 9.17) is 0 Å². The summed E-state index contributed by atoms with van der Waals surface area (Å²) in [7, 11) is 0. The largest absolute Gasteiger partial charge is 0.471 e. The molecule has 110 valence electrons. The number of hydrogen-bond acceptors (Lipinski definition) is 3. The number of para-hydroxylation sites is 1. The van der Waals surface area contributed by atoms with Gasteiger partial charge in [0.15, 0.2) is 0 Å². The van der Waals surface area contributed by atoms with E-state index in [-0.39, 0.29) is 18.5 Å². The molecule has 0 bridgehead atoms.